The standard InChI is InChI=1S/C19H28N2O3/c1-14(19(23)24)21(2)13-17(22)20-18(15-9-5-3-6-10-15)16-11-7-4-8-12-16/h3,5-6,9-10,14,16,18H,4,7-8,11-13H2,1-2H3,(H,20,22)(H,23,24). The molecular formula is C19H28N2O3. The van der Waals surface area contributed by atoms with Gasteiger partial charge in [-0.3, -0.25) is 14.5 Å². The SMILES string of the molecule is CC(C(=O)O)N(C)CC(=O)NC(c1ccccc1)C1CCCCC1. The molecule has 0 radical (unpaired) electrons. The maximum Gasteiger partial charge on any atom is 0.320 e. The van der Waals surface area contributed by atoms with Crippen LogP contribution in [0.2, 0.25) is 0 Å². The Morgan fingerprint density at radius 2 is 1.83 bits per heavy atom. The number of nitrogens with zero attached hydrogens (tertiary/aromatic N) is 1. The molecule has 0 spiro atoms. The van der Waals surface area contributed by atoms with Crippen LogP contribution in [0.1, 0.15) is 50.6 Å². The first-order valence-electron chi connectivity index (χ1n) is 8.76. The predicted octanol–water partition coefficient (Wildman–Crippen LogP) is 2.83. The minimum Gasteiger partial charge on any atom is -0.480 e. The van der Waals surface area contributed by atoms with Crippen LogP contribution in [0.3, 0.4) is 0 Å². The number of aliphatic carboxylic acids is 1. The predicted molar refractivity (Wildman–Crippen MR) is 93.6 cm³/mol. The van der Waals surface area contributed by atoms with Crippen LogP contribution in [-0.2, 0) is 9.59 Å². The number of rotatable bonds is 7. The average molecular weight is 332 g/mol. The second-order valence-electron chi connectivity index (χ2n) is 6.78. The number of nitrogens with one attached hydrogen (secondary N) is 1. The second-order valence-corrected chi connectivity index (χ2v) is 6.78. The Morgan fingerprint density at radius 1 is 1.21 bits per heavy atom. The molecule has 2 rings (SSSR count). The lowest BCUT2D eigenvalue weighted by Gasteiger charge is -2.32. The van der Waals surface area contributed by atoms with Crippen molar-refractivity contribution in [2.24, 2.45) is 5.92 Å². The number of carbonyl (C=O) groups is 2. The Morgan fingerprint density at radius 3 is 2.42 bits per heavy atom. The lowest BCUT2D eigenvalue weighted by atomic mass is 9.81. The number of amides is 1. The van der Waals surface area contributed by atoms with E-state index in [0.717, 1.165) is 18.4 Å². The Bertz CT molecular complexity index is 541. The van der Waals surface area contributed by atoms with Crippen LogP contribution in [0.4, 0.5) is 0 Å². The molecule has 1 aliphatic carbocycles. The second kappa shape index (κ2) is 8.83. The van der Waals surface area contributed by atoms with Gasteiger partial charge in [0.05, 0.1) is 12.6 Å². The van der Waals surface area contributed by atoms with Gasteiger partial charge < -0.3 is 10.4 Å². The van der Waals surface area contributed by atoms with Gasteiger partial charge in [0, 0.05) is 0 Å². The van der Waals surface area contributed by atoms with Gasteiger partial charge in [-0.25, -0.2) is 0 Å². The van der Waals surface area contributed by atoms with Gasteiger partial charge in [0.25, 0.3) is 0 Å². The molecule has 2 unspecified atom stereocenters. The van der Waals surface area contributed by atoms with Gasteiger partial charge in [0.15, 0.2) is 0 Å². The van der Waals surface area contributed by atoms with Crippen molar-refractivity contribution in [3.05, 3.63) is 35.9 Å². The average Bonchev–Trinajstić information content (AvgIpc) is 2.60. The summed E-state index contributed by atoms with van der Waals surface area (Å²) in [5, 5.41) is 12.2. The molecule has 0 heterocycles. The zero-order valence-corrected chi connectivity index (χ0v) is 14.6. The fourth-order valence-electron chi connectivity index (χ4n) is 3.37. The van der Waals surface area contributed by atoms with Crippen molar-refractivity contribution in [3.63, 3.8) is 0 Å². The summed E-state index contributed by atoms with van der Waals surface area (Å²) in [6, 6.07) is 9.41. The number of benzene rings is 1. The zero-order valence-electron chi connectivity index (χ0n) is 14.6. The van der Waals surface area contributed by atoms with Crippen LogP contribution in [0.15, 0.2) is 30.3 Å². The van der Waals surface area contributed by atoms with Crippen molar-refractivity contribution in [1.82, 2.24) is 10.2 Å². The van der Waals surface area contributed by atoms with E-state index < -0.39 is 12.0 Å². The molecule has 1 aliphatic rings. The summed E-state index contributed by atoms with van der Waals surface area (Å²) in [5.41, 5.74) is 1.13. The fraction of sp³-hybridized carbons (Fsp3) is 0.579. The first-order chi connectivity index (χ1) is 11.5. The smallest absolute Gasteiger partial charge is 0.320 e. The van der Waals surface area contributed by atoms with Crippen LogP contribution < -0.4 is 5.32 Å². The molecule has 1 saturated carbocycles. The zero-order chi connectivity index (χ0) is 17.5. The minimum atomic E-state index is -0.919. The van der Waals surface area contributed by atoms with Gasteiger partial charge in [-0.15, -0.1) is 0 Å². The molecule has 0 aliphatic heterocycles. The Hall–Kier alpha value is -1.88. The first kappa shape index (κ1) is 18.5. The van der Waals surface area contributed by atoms with E-state index >= 15 is 0 Å². The van der Waals surface area contributed by atoms with Gasteiger partial charge in [0.2, 0.25) is 5.91 Å². The molecule has 1 aromatic rings. The summed E-state index contributed by atoms with van der Waals surface area (Å²) >= 11 is 0. The molecule has 5 heteroatoms. The van der Waals surface area contributed by atoms with E-state index in [2.05, 4.69) is 17.4 Å². The largest absolute Gasteiger partial charge is 0.480 e. The number of carbonyl (C=O) groups excluding carboxylic acids is 1. The van der Waals surface area contributed by atoms with Crippen LogP contribution in [0.5, 0.6) is 0 Å². The normalized spacial score (nSPS) is 18.1. The topological polar surface area (TPSA) is 69.6 Å². The summed E-state index contributed by atoms with van der Waals surface area (Å²) in [7, 11) is 1.66. The summed E-state index contributed by atoms with van der Waals surface area (Å²) in [6.07, 6.45) is 5.94. The lowest BCUT2D eigenvalue weighted by molar-refractivity contribution is -0.142. The monoisotopic (exact) mass is 332 g/mol. The van der Waals surface area contributed by atoms with E-state index in [9.17, 15) is 9.59 Å². The van der Waals surface area contributed by atoms with Crippen molar-refractivity contribution in [1.29, 1.82) is 0 Å². The van der Waals surface area contributed by atoms with Gasteiger partial charge >= 0.3 is 5.97 Å². The van der Waals surface area contributed by atoms with Gasteiger partial charge in [-0.2, -0.15) is 0 Å². The van der Waals surface area contributed by atoms with E-state index in [-0.39, 0.29) is 18.5 Å². The minimum absolute atomic E-state index is 0.00698. The number of carboxylic acid groups (broad SMARTS) is 1. The Balaban J connectivity index is 2.04. The van der Waals surface area contributed by atoms with Crippen LogP contribution in [0.25, 0.3) is 0 Å². The lowest BCUT2D eigenvalue weighted by Crippen LogP contribution is -2.44. The highest BCUT2D eigenvalue weighted by Crippen LogP contribution is 2.34. The number of hydrogen-bond acceptors (Lipinski definition) is 3. The van der Waals surface area contributed by atoms with Gasteiger partial charge in [-0.05, 0) is 38.3 Å². The molecule has 2 N–H and O–H groups in total. The van der Waals surface area contributed by atoms with Crippen LogP contribution in [0, 0.1) is 5.92 Å². The molecule has 5 nitrogen and oxygen atoms in total. The molecule has 132 valence electrons. The van der Waals surface area contributed by atoms with E-state index in [1.807, 2.05) is 18.2 Å². The molecule has 0 aromatic heterocycles. The first-order valence-corrected chi connectivity index (χ1v) is 8.76. The third kappa shape index (κ3) is 5.06. The molecule has 1 amide bonds. The number of likely N-dealkylation sites (N-methyl/N-ethyl adjacent to an activating group) is 1. The van der Waals surface area contributed by atoms with E-state index in [4.69, 9.17) is 5.11 Å². The molecule has 2 atom stereocenters. The number of hydrogen-bond donors (Lipinski definition) is 2. The molecular weight excluding hydrogens is 304 g/mol. The summed E-state index contributed by atoms with van der Waals surface area (Å²) in [6.45, 7) is 1.68. The van der Waals surface area contributed by atoms with E-state index in [0.29, 0.717) is 5.92 Å². The molecule has 24 heavy (non-hydrogen) atoms. The Kier molecular flexibility index (Phi) is 6.79. The summed E-state index contributed by atoms with van der Waals surface area (Å²) in [4.78, 5) is 25.1. The molecule has 1 aromatic carbocycles. The molecule has 1 fully saturated rings. The summed E-state index contributed by atoms with van der Waals surface area (Å²) in [5.74, 6) is -0.588. The van der Waals surface area contributed by atoms with E-state index in [1.165, 1.54) is 19.3 Å². The van der Waals surface area contributed by atoms with E-state index in [1.54, 1.807) is 18.9 Å². The highest BCUT2D eigenvalue weighted by molar-refractivity contribution is 5.80. The quantitative estimate of drug-likeness (QED) is 0.805. The van der Waals surface area contributed by atoms with Crippen LogP contribution >= 0.6 is 0 Å². The highest BCUT2D eigenvalue weighted by Gasteiger charge is 2.27. The maximum atomic E-state index is 12.5. The van der Waals surface area contributed by atoms with Crippen molar-refractivity contribution < 1.29 is 14.7 Å². The third-order valence-electron chi connectivity index (χ3n) is 5.01. The maximum absolute atomic E-state index is 12.5. The van der Waals surface area contributed by atoms with Crippen LogP contribution in [-0.4, -0.2) is 41.5 Å². The summed E-state index contributed by atoms with van der Waals surface area (Å²) < 4.78 is 0. The number of carboxylic acids is 1. The third-order valence-corrected chi connectivity index (χ3v) is 5.01. The highest BCUT2D eigenvalue weighted by atomic mass is 16.4. The van der Waals surface area contributed by atoms with Gasteiger partial charge in [-0.1, -0.05) is 49.6 Å². The van der Waals surface area contributed by atoms with Crippen molar-refractivity contribution in [2.45, 2.75) is 51.1 Å². The fourth-order valence-corrected chi connectivity index (χ4v) is 3.37. The van der Waals surface area contributed by atoms with Crippen molar-refractivity contribution in [2.75, 3.05) is 13.6 Å². The Labute approximate surface area is 144 Å². The van der Waals surface area contributed by atoms with Crippen molar-refractivity contribution >= 4 is 11.9 Å². The van der Waals surface area contributed by atoms with Crippen molar-refractivity contribution in [3.8, 4) is 0 Å². The molecule has 0 saturated heterocycles. The molecule has 0 bridgehead atoms. The van der Waals surface area contributed by atoms with Gasteiger partial charge in [0.1, 0.15) is 6.04 Å².